The number of nitrogens with zero attached hydrogens (tertiary/aromatic N) is 4. The molecular weight excluding hydrogens is 939 g/mol. The van der Waals surface area contributed by atoms with Crippen molar-refractivity contribution in [2.45, 2.75) is 0 Å². The Hall–Kier alpha value is -7.91. The Morgan fingerprint density at radius 1 is 0.303 bits per heavy atom. The first-order valence-corrected chi connectivity index (χ1v) is 19.2. The Labute approximate surface area is 408 Å². The molecule has 4 aromatic heterocycles. The molecule has 0 amide bonds. The van der Waals surface area contributed by atoms with E-state index in [1.165, 1.54) is 48.5 Å². The summed E-state index contributed by atoms with van der Waals surface area (Å²) in [5.41, 5.74) is 5.06. The maximum atomic E-state index is 10.1. The van der Waals surface area contributed by atoms with Crippen LogP contribution in [0.2, 0.25) is 0 Å². The summed E-state index contributed by atoms with van der Waals surface area (Å²) >= 11 is 0. The molecule has 0 aliphatic heterocycles. The molecule has 8 rings (SSSR count). The normalized spacial score (nSPS) is 9.33. The number of rotatable bonds is 8. The van der Waals surface area contributed by atoms with Crippen LogP contribution in [0.3, 0.4) is 0 Å². The smallest absolute Gasteiger partial charge is 0.545 e. The minimum Gasteiger partial charge on any atom is -0.545 e. The predicted molar refractivity (Wildman–Crippen MR) is 238 cm³/mol. The Morgan fingerprint density at radius 3 is 0.742 bits per heavy atom. The summed E-state index contributed by atoms with van der Waals surface area (Å²) in [6.45, 7) is 0. The van der Waals surface area contributed by atoms with E-state index in [2.05, 4.69) is 19.9 Å². The minimum atomic E-state index is -1.13. The van der Waals surface area contributed by atoms with Gasteiger partial charge in [0.1, 0.15) is 0 Å². The number of carboxylic acids is 4. The number of carboxylic acid groups (broad SMARTS) is 4. The molecule has 14 heteroatoms. The monoisotopic (exact) mass is 976 g/mol. The fourth-order valence-electron chi connectivity index (χ4n) is 4.56. The van der Waals surface area contributed by atoms with Gasteiger partial charge in [-0.1, -0.05) is 146 Å². The van der Waals surface area contributed by atoms with Crippen LogP contribution in [-0.4, -0.2) is 43.8 Å². The molecule has 0 aliphatic carbocycles. The molecule has 0 radical (unpaired) electrons. The molecule has 0 unspecified atom stereocenters. The number of aromatic carboxylic acids is 4. The molecule has 12 nitrogen and oxygen atoms in total. The van der Waals surface area contributed by atoms with E-state index in [1.54, 1.807) is 110 Å². The summed E-state index contributed by atoms with van der Waals surface area (Å²) in [5.74, 6) is -4.52. The quantitative estimate of drug-likeness (QED) is 0.173. The van der Waals surface area contributed by atoms with Crippen molar-refractivity contribution in [3.8, 4) is 0 Å². The standard InChI is InChI=1S/2C12H10N2.4C7H6O2.2Zn/c2*1-2-8-14-12(3-1)5-4-11-6-9-13-10-7-11;4*8-7(9)6-4-2-1-3-5-6;;/h2*1-10H;4*1-5H,(H,8,9);;/q;;;;;;2*+2/p-4/b2*5-4+;;;;;;. The summed E-state index contributed by atoms with van der Waals surface area (Å²) in [4.78, 5) is 56.6. The van der Waals surface area contributed by atoms with Crippen LogP contribution >= 0.6 is 0 Å². The molecule has 0 bridgehead atoms. The van der Waals surface area contributed by atoms with Crippen molar-refractivity contribution >= 4 is 48.2 Å². The van der Waals surface area contributed by atoms with Crippen LogP contribution in [0.1, 0.15) is 63.9 Å². The van der Waals surface area contributed by atoms with Gasteiger partial charge in [0.15, 0.2) is 0 Å². The van der Waals surface area contributed by atoms with Crippen LogP contribution in [-0.2, 0) is 39.0 Å². The third-order valence-corrected chi connectivity index (χ3v) is 7.72. The van der Waals surface area contributed by atoms with E-state index in [4.69, 9.17) is 0 Å². The summed E-state index contributed by atoms with van der Waals surface area (Å²) in [6.07, 6.45) is 18.7. The molecule has 0 atom stereocenters. The molecule has 8 aromatic rings. The zero-order chi connectivity index (χ0) is 46.0. The molecule has 4 heterocycles. The maximum absolute atomic E-state index is 10.1. The van der Waals surface area contributed by atoms with Gasteiger partial charge in [-0.15, -0.1) is 0 Å². The second kappa shape index (κ2) is 34.6. The molecule has 0 saturated heterocycles. The first kappa shape index (κ1) is 56.1. The van der Waals surface area contributed by atoms with Crippen molar-refractivity contribution in [2.75, 3.05) is 0 Å². The van der Waals surface area contributed by atoms with Crippen LogP contribution in [0, 0.1) is 0 Å². The van der Waals surface area contributed by atoms with Crippen LogP contribution < -0.4 is 20.4 Å². The van der Waals surface area contributed by atoms with Gasteiger partial charge in [0.05, 0.1) is 35.3 Å². The van der Waals surface area contributed by atoms with Crippen LogP contribution in [0.4, 0.5) is 0 Å². The van der Waals surface area contributed by atoms with E-state index in [1.807, 2.05) is 85.0 Å². The minimum absolute atomic E-state index is 0. The van der Waals surface area contributed by atoms with E-state index in [9.17, 15) is 39.6 Å². The molecule has 0 aliphatic rings. The van der Waals surface area contributed by atoms with Crippen molar-refractivity contribution in [3.05, 3.63) is 264 Å². The average molecular weight is 980 g/mol. The molecule has 0 fully saturated rings. The maximum Gasteiger partial charge on any atom is 2.00 e. The number of carbonyl (C=O) groups is 4. The van der Waals surface area contributed by atoms with Gasteiger partial charge in [0.2, 0.25) is 0 Å². The second-order valence-corrected chi connectivity index (χ2v) is 12.4. The molecule has 320 valence electrons. The van der Waals surface area contributed by atoms with Crippen molar-refractivity contribution in [1.29, 1.82) is 0 Å². The number of hydrogen-bond acceptors (Lipinski definition) is 12. The molecule has 4 aromatic carbocycles. The van der Waals surface area contributed by atoms with E-state index < -0.39 is 23.9 Å². The number of aromatic nitrogens is 4. The average Bonchev–Trinajstić information content (AvgIpc) is 3.36. The Bertz CT molecular complexity index is 2220. The third-order valence-electron chi connectivity index (χ3n) is 7.72. The Morgan fingerprint density at radius 2 is 0.545 bits per heavy atom. The predicted octanol–water partition coefficient (Wildman–Crippen LogP) is 5.49. The second-order valence-electron chi connectivity index (χ2n) is 12.4. The summed E-state index contributed by atoms with van der Waals surface area (Å²) in [7, 11) is 0. The van der Waals surface area contributed by atoms with Crippen molar-refractivity contribution in [1.82, 2.24) is 19.9 Å². The largest absolute Gasteiger partial charge is 2.00 e. The van der Waals surface area contributed by atoms with Gasteiger partial charge < -0.3 is 39.6 Å². The Balaban J connectivity index is 0.000000399. The van der Waals surface area contributed by atoms with E-state index in [0.29, 0.717) is 0 Å². The fraction of sp³-hybridized carbons (Fsp3) is 0. The number of benzene rings is 4. The fourth-order valence-corrected chi connectivity index (χ4v) is 4.56. The summed E-state index contributed by atoms with van der Waals surface area (Å²) in [6, 6.07) is 51.8. The van der Waals surface area contributed by atoms with E-state index in [0.717, 1.165) is 22.5 Å². The molecule has 0 saturated carbocycles. The number of carbonyl (C=O) groups excluding carboxylic acids is 4. The van der Waals surface area contributed by atoms with E-state index >= 15 is 0 Å². The third kappa shape index (κ3) is 25.3. The van der Waals surface area contributed by atoms with Crippen LogP contribution in [0.15, 0.2) is 219 Å². The summed E-state index contributed by atoms with van der Waals surface area (Å²) in [5, 5.41) is 40.4. The van der Waals surface area contributed by atoms with Crippen molar-refractivity contribution in [2.24, 2.45) is 0 Å². The zero-order valence-corrected chi connectivity index (χ0v) is 41.5. The zero-order valence-electron chi connectivity index (χ0n) is 35.6. The molecule has 0 spiro atoms. The van der Waals surface area contributed by atoms with Gasteiger partial charge in [-0.2, -0.15) is 0 Å². The SMILES string of the molecule is C(=C\c1ccccn1)/c1ccncc1.C(=C\c1ccccn1)/c1ccncc1.O=C([O-])c1ccccc1.O=C([O-])c1ccccc1.O=C([O-])c1ccccc1.O=C([O-])c1ccccc1.[Zn+2].[Zn+2]. The van der Waals surface area contributed by atoms with Gasteiger partial charge in [0.25, 0.3) is 0 Å². The first-order chi connectivity index (χ1) is 31.1. The topological polar surface area (TPSA) is 212 Å². The number of pyridine rings is 4. The van der Waals surface area contributed by atoms with Gasteiger partial charge in [-0.25, -0.2) is 0 Å². The van der Waals surface area contributed by atoms with Crippen LogP contribution in [0.5, 0.6) is 0 Å². The van der Waals surface area contributed by atoms with Gasteiger partial charge in [-0.05, 0) is 94.1 Å². The van der Waals surface area contributed by atoms with Gasteiger partial charge in [0, 0.05) is 37.2 Å². The van der Waals surface area contributed by atoms with Crippen molar-refractivity contribution in [3.63, 3.8) is 0 Å². The number of hydrogen-bond donors (Lipinski definition) is 0. The molecular formula is C52H40N4O8Zn2. The Kier molecular flexibility index (Phi) is 29.4. The molecule has 66 heavy (non-hydrogen) atoms. The molecule has 0 N–H and O–H groups in total. The van der Waals surface area contributed by atoms with Gasteiger partial charge >= 0.3 is 39.0 Å². The summed E-state index contributed by atoms with van der Waals surface area (Å²) < 4.78 is 0. The van der Waals surface area contributed by atoms with Crippen LogP contribution in [0.25, 0.3) is 24.3 Å². The first-order valence-electron chi connectivity index (χ1n) is 19.2. The van der Waals surface area contributed by atoms with Gasteiger partial charge in [-0.3, -0.25) is 19.9 Å². The van der Waals surface area contributed by atoms with E-state index in [-0.39, 0.29) is 61.2 Å². The van der Waals surface area contributed by atoms with Crippen molar-refractivity contribution < 1.29 is 78.6 Å².